The fraction of sp³-hybridized carbons (Fsp3) is 0.211. The zero-order chi connectivity index (χ0) is 18.5. The lowest BCUT2D eigenvalue weighted by molar-refractivity contribution is -0.113. The summed E-state index contributed by atoms with van der Waals surface area (Å²) in [5.74, 6) is 0.887. The molecule has 0 fully saturated rings. The van der Waals surface area contributed by atoms with Crippen LogP contribution in [0.1, 0.15) is 12.5 Å². The molecular weight excluding hydrogens is 368 g/mol. The largest absolute Gasteiger partial charge is 0.325 e. The van der Waals surface area contributed by atoms with Gasteiger partial charge in [-0.05, 0) is 38.1 Å². The van der Waals surface area contributed by atoms with Gasteiger partial charge in [-0.1, -0.05) is 53.2 Å². The molecule has 0 radical (unpaired) electrons. The third-order valence-corrected chi connectivity index (χ3v) is 5.11. The summed E-state index contributed by atoms with van der Waals surface area (Å²) in [4.78, 5) is 12.2. The molecule has 1 aromatic heterocycles. The number of hydrogen-bond acceptors (Lipinski definition) is 4. The molecule has 1 N–H and O–H groups in total. The number of rotatable bonds is 6. The normalized spacial score (nSPS) is 10.7. The van der Waals surface area contributed by atoms with Gasteiger partial charge in [-0.2, -0.15) is 0 Å². The molecule has 0 spiro atoms. The quantitative estimate of drug-likeness (QED) is 0.626. The summed E-state index contributed by atoms with van der Waals surface area (Å²) in [6, 6.07) is 15.2. The van der Waals surface area contributed by atoms with E-state index >= 15 is 0 Å². The molecule has 134 valence electrons. The maximum absolute atomic E-state index is 12.2. The van der Waals surface area contributed by atoms with Crippen molar-refractivity contribution in [3.8, 4) is 11.4 Å². The Labute approximate surface area is 161 Å². The summed E-state index contributed by atoms with van der Waals surface area (Å²) in [6.45, 7) is 4.71. The predicted molar refractivity (Wildman–Crippen MR) is 107 cm³/mol. The Morgan fingerprint density at radius 1 is 1.15 bits per heavy atom. The Morgan fingerprint density at radius 3 is 2.58 bits per heavy atom. The lowest BCUT2D eigenvalue weighted by atomic mass is 10.2. The third-order valence-electron chi connectivity index (χ3n) is 3.82. The molecule has 0 bridgehead atoms. The number of hydrogen-bond donors (Lipinski definition) is 1. The van der Waals surface area contributed by atoms with Gasteiger partial charge in [0.15, 0.2) is 11.0 Å². The van der Waals surface area contributed by atoms with E-state index in [-0.39, 0.29) is 11.7 Å². The van der Waals surface area contributed by atoms with Crippen LogP contribution in [0, 0.1) is 6.92 Å². The Balaban J connectivity index is 1.69. The molecule has 0 unspecified atom stereocenters. The second kappa shape index (κ2) is 8.38. The molecule has 1 heterocycles. The van der Waals surface area contributed by atoms with Crippen LogP contribution in [0.25, 0.3) is 11.4 Å². The van der Waals surface area contributed by atoms with Gasteiger partial charge in [-0.15, -0.1) is 10.2 Å². The van der Waals surface area contributed by atoms with Crippen LogP contribution < -0.4 is 5.32 Å². The number of halogens is 1. The molecule has 0 atom stereocenters. The van der Waals surface area contributed by atoms with Crippen molar-refractivity contribution >= 4 is 35.0 Å². The number of benzene rings is 2. The highest BCUT2D eigenvalue weighted by atomic mass is 35.5. The zero-order valence-electron chi connectivity index (χ0n) is 14.6. The lowest BCUT2D eigenvalue weighted by Crippen LogP contribution is -2.14. The molecule has 7 heteroatoms. The molecule has 2 aromatic carbocycles. The maximum Gasteiger partial charge on any atom is 0.234 e. The SMILES string of the molecule is CCn1c(SCC(=O)Nc2ccc(C)cc2)nnc1-c1ccccc1Cl. The summed E-state index contributed by atoms with van der Waals surface area (Å²) in [5.41, 5.74) is 2.77. The molecule has 3 aromatic rings. The van der Waals surface area contributed by atoms with E-state index < -0.39 is 0 Å². The van der Waals surface area contributed by atoms with E-state index in [4.69, 9.17) is 11.6 Å². The molecule has 3 rings (SSSR count). The van der Waals surface area contributed by atoms with Gasteiger partial charge in [0, 0.05) is 17.8 Å². The average Bonchev–Trinajstić information content (AvgIpc) is 3.05. The molecular formula is C19H19ClN4OS. The molecule has 5 nitrogen and oxygen atoms in total. The number of amides is 1. The molecule has 0 aliphatic carbocycles. The zero-order valence-corrected chi connectivity index (χ0v) is 16.1. The third kappa shape index (κ3) is 4.26. The molecule has 1 amide bonds. The van der Waals surface area contributed by atoms with Gasteiger partial charge in [0.05, 0.1) is 10.8 Å². The summed E-state index contributed by atoms with van der Waals surface area (Å²) < 4.78 is 1.96. The van der Waals surface area contributed by atoms with Crippen LogP contribution in [-0.4, -0.2) is 26.4 Å². The fourth-order valence-electron chi connectivity index (χ4n) is 2.49. The van der Waals surface area contributed by atoms with Crippen LogP contribution in [0.15, 0.2) is 53.7 Å². The van der Waals surface area contributed by atoms with Gasteiger partial charge < -0.3 is 9.88 Å². The second-order valence-corrected chi connectivity index (χ2v) is 7.08. The maximum atomic E-state index is 12.2. The number of nitrogens with one attached hydrogen (secondary N) is 1. The highest BCUT2D eigenvalue weighted by Gasteiger charge is 2.16. The van der Waals surface area contributed by atoms with E-state index in [1.165, 1.54) is 11.8 Å². The first-order valence-corrected chi connectivity index (χ1v) is 9.62. The standard InChI is InChI=1S/C19H19ClN4OS/c1-3-24-18(15-6-4-5-7-16(15)20)22-23-19(24)26-12-17(25)21-14-10-8-13(2)9-11-14/h4-11H,3,12H2,1-2H3,(H,21,25). The van der Waals surface area contributed by atoms with E-state index in [1.54, 1.807) is 0 Å². The van der Waals surface area contributed by atoms with Crippen molar-refractivity contribution in [2.45, 2.75) is 25.5 Å². The molecule has 0 aliphatic rings. The highest BCUT2D eigenvalue weighted by Crippen LogP contribution is 2.29. The van der Waals surface area contributed by atoms with Crippen molar-refractivity contribution in [1.29, 1.82) is 0 Å². The van der Waals surface area contributed by atoms with E-state index in [0.29, 0.717) is 22.5 Å². The number of thioether (sulfide) groups is 1. The molecule has 0 aliphatic heterocycles. The smallest absolute Gasteiger partial charge is 0.234 e. The summed E-state index contributed by atoms with van der Waals surface area (Å²) in [5, 5.41) is 12.7. The second-order valence-electron chi connectivity index (χ2n) is 5.73. The average molecular weight is 387 g/mol. The van der Waals surface area contributed by atoms with Gasteiger partial charge in [-0.25, -0.2) is 0 Å². The monoisotopic (exact) mass is 386 g/mol. The van der Waals surface area contributed by atoms with E-state index in [2.05, 4.69) is 15.5 Å². The Bertz CT molecular complexity index is 908. The minimum Gasteiger partial charge on any atom is -0.325 e. The highest BCUT2D eigenvalue weighted by molar-refractivity contribution is 7.99. The number of aryl methyl sites for hydroxylation is 1. The van der Waals surface area contributed by atoms with E-state index in [0.717, 1.165) is 16.8 Å². The summed E-state index contributed by atoms with van der Waals surface area (Å²) >= 11 is 7.63. The number of carbonyl (C=O) groups is 1. The van der Waals surface area contributed by atoms with E-state index in [9.17, 15) is 4.79 Å². The Kier molecular flexibility index (Phi) is 5.96. The van der Waals surface area contributed by atoms with Crippen molar-refractivity contribution in [3.63, 3.8) is 0 Å². The van der Waals surface area contributed by atoms with Crippen molar-refractivity contribution < 1.29 is 4.79 Å². The Hall–Kier alpha value is -2.31. The molecule has 0 saturated heterocycles. The van der Waals surface area contributed by atoms with Crippen molar-refractivity contribution in [1.82, 2.24) is 14.8 Å². The van der Waals surface area contributed by atoms with Crippen molar-refractivity contribution in [2.24, 2.45) is 0 Å². The van der Waals surface area contributed by atoms with Gasteiger partial charge in [0.2, 0.25) is 5.91 Å². The van der Waals surface area contributed by atoms with Crippen LogP contribution >= 0.6 is 23.4 Å². The minimum atomic E-state index is -0.0798. The number of anilines is 1. The number of aromatic nitrogens is 3. The van der Waals surface area contributed by atoms with Crippen LogP contribution in [0.4, 0.5) is 5.69 Å². The van der Waals surface area contributed by atoms with Crippen molar-refractivity contribution in [2.75, 3.05) is 11.1 Å². The van der Waals surface area contributed by atoms with Gasteiger partial charge in [-0.3, -0.25) is 4.79 Å². The van der Waals surface area contributed by atoms with Crippen LogP contribution in [0.2, 0.25) is 5.02 Å². The van der Waals surface area contributed by atoms with E-state index in [1.807, 2.05) is 66.9 Å². The van der Waals surface area contributed by atoms with Gasteiger partial charge >= 0.3 is 0 Å². The first-order valence-electron chi connectivity index (χ1n) is 8.26. The Morgan fingerprint density at radius 2 is 1.88 bits per heavy atom. The van der Waals surface area contributed by atoms with Crippen LogP contribution in [-0.2, 0) is 11.3 Å². The first-order chi connectivity index (χ1) is 12.6. The van der Waals surface area contributed by atoms with Gasteiger partial charge in [0.25, 0.3) is 0 Å². The first kappa shape index (κ1) is 18.5. The predicted octanol–water partition coefficient (Wildman–Crippen LogP) is 4.66. The number of nitrogens with zero attached hydrogens (tertiary/aromatic N) is 3. The lowest BCUT2D eigenvalue weighted by Gasteiger charge is -2.09. The summed E-state index contributed by atoms with van der Waals surface area (Å²) in [7, 11) is 0. The molecule has 26 heavy (non-hydrogen) atoms. The van der Waals surface area contributed by atoms with Crippen LogP contribution in [0.3, 0.4) is 0 Å². The fourth-order valence-corrected chi connectivity index (χ4v) is 3.51. The van der Waals surface area contributed by atoms with Crippen LogP contribution in [0.5, 0.6) is 0 Å². The molecule has 0 saturated carbocycles. The number of carbonyl (C=O) groups excluding carboxylic acids is 1. The van der Waals surface area contributed by atoms with Gasteiger partial charge in [0.1, 0.15) is 0 Å². The van der Waals surface area contributed by atoms with Crippen molar-refractivity contribution in [3.05, 3.63) is 59.1 Å². The summed E-state index contributed by atoms with van der Waals surface area (Å²) in [6.07, 6.45) is 0. The minimum absolute atomic E-state index is 0.0798. The topological polar surface area (TPSA) is 59.8 Å².